The number of nitrogens with zero attached hydrogens (tertiary/aromatic N) is 3. The van der Waals surface area contributed by atoms with Crippen LogP contribution in [0, 0.1) is 5.92 Å². The minimum Gasteiger partial charge on any atom is -0.342 e. The lowest BCUT2D eigenvalue weighted by atomic mass is 10.0. The second-order valence-electron chi connectivity index (χ2n) is 7.70. The van der Waals surface area contributed by atoms with Crippen molar-refractivity contribution >= 4 is 5.91 Å². The van der Waals surface area contributed by atoms with E-state index in [2.05, 4.69) is 36.8 Å². The second-order valence-corrected chi connectivity index (χ2v) is 7.70. The summed E-state index contributed by atoms with van der Waals surface area (Å²) in [7, 11) is 4.03. The van der Waals surface area contributed by atoms with Crippen LogP contribution in [-0.4, -0.2) is 73.5 Å². The molecule has 0 aromatic heterocycles. The Morgan fingerprint density at radius 2 is 1.92 bits per heavy atom. The van der Waals surface area contributed by atoms with Gasteiger partial charge in [-0.3, -0.25) is 9.69 Å². The lowest BCUT2D eigenvalue weighted by Crippen LogP contribution is -2.43. The normalized spacial score (nSPS) is 17.7. The van der Waals surface area contributed by atoms with E-state index in [1.165, 1.54) is 5.56 Å². The summed E-state index contributed by atoms with van der Waals surface area (Å²) >= 11 is 0. The average Bonchev–Trinajstić information content (AvgIpc) is 2.60. The first-order valence-electron chi connectivity index (χ1n) is 9.37. The number of hydrogen-bond acceptors (Lipinski definition) is 4. The van der Waals surface area contributed by atoms with Crippen LogP contribution in [0.15, 0.2) is 24.3 Å². The molecule has 1 saturated heterocycles. The predicted molar refractivity (Wildman–Crippen MR) is 104 cm³/mol. The van der Waals surface area contributed by atoms with E-state index in [-0.39, 0.29) is 11.9 Å². The van der Waals surface area contributed by atoms with Crippen molar-refractivity contribution in [2.45, 2.75) is 32.9 Å². The first kappa shape index (κ1) is 19.9. The monoisotopic (exact) mass is 346 g/mol. The summed E-state index contributed by atoms with van der Waals surface area (Å²) in [5, 5.41) is 0. The molecular formula is C20H34N4O. The van der Waals surface area contributed by atoms with Crippen molar-refractivity contribution in [3.8, 4) is 0 Å². The highest BCUT2D eigenvalue weighted by Crippen LogP contribution is 2.13. The number of nitrogens with two attached hydrogens (primary N) is 1. The molecule has 0 aliphatic carbocycles. The lowest BCUT2D eigenvalue weighted by molar-refractivity contribution is 0.0789. The summed E-state index contributed by atoms with van der Waals surface area (Å²) in [6.45, 7) is 10.2. The Labute approximate surface area is 152 Å². The first-order valence-corrected chi connectivity index (χ1v) is 9.37. The molecule has 5 heteroatoms. The standard InChI is InChI=1S/C20H34N4O/c1-16(2)19(21)8-9-23(4)20(25)18-7-5-6-17(14-18)15-24-12-10-22(3)11-13-24/h5-7,14,16,19H,8-13,15,21H2,1-4H3. The van der Waals surface area contributed by atoms with Gasteiger partial charge in [-0.15, -0.1) is 0 Å². The molecule has 0 spiro atoms. The summed E-state index contributed by atoms with van der Waals surface area (Å²) in [4.78, 5) is 19.3. The molecule has 2 rings (SSSR count). The van der Waals surface area contributed by atoms with Crippen molar-refractivity contribution in [2.24, 2.45) is 11.7 Å². The van der Waals surface area contributed by atoms with E-state index in [0.717, 1.165) is 44.7 Å². The molecule has 1 atom stereocenters. The van der Waals surface area contributed by atoms with Crippen molar-refractivity contribution in [2.75, 3.05) is 46.8 Å². The molecular weight excluding hydrogens is 312 g/mol. The van der Waals surface area contributed by atoms with Crippen molar-refractivity contribution < 1.29 is 4.79 Å². The number of rotatable bonds is 7. The Balaban J connectivity index is 1.91. The summed E-state index contributed by atoms with van der Waals surface area (Å²) in [6, 6.07) is 8.20. The molecule has 1 heterocycles. The van der Waals surface area contributed by atoms with Gasteiger partial charge in [0, 0.05) is 57.9 Å². The van der Waals surface area contributed by atoms with Crippen LogP contribution < -0.4 is 5.73 Å². The van der Waals surface area contributed by atoms with Gasteiger partial charge in [-0.1, -0.05) is 26.0 Å². The topological polar surface area (TPSA) is 52.8 Å². The van der Waals surface area contributed by atoms with Gasteiger partial charge in [0.15, 0.2) is 0 Å². The molecule has 140 valence electrons. The third kappa shape index (κ3) is 6.10. The largest absolute Gasteiger partial charge is 0.342 e. The number of likely N-dealkylation sites (N-methyl/N-ethyl adjacent to an activating group) is 1. The zero-order chi connectivity index (χ0) is 18.4. The third-order valence-electron chi connectivity index (χ3n) is 5.18. The van der Waals surface area contributed by atoms with Crippen LogP contribution in [0.1, 0.15) is 36.2 Å². The highest BCUT2D eigenvalue weighted by Gasteiger charge is 2.17. The van der Waals surface area contributed by atoms with Crippen molar-refractivity contribution in [3.63, 3.8) is 0 Å². The molecule has 0 radical (unpaired) electrons. The van der Waals surface area contributed by atoms with Crippen LogP contribution in [0.3, 0.4) is 0 Å². The minimum atomic E-state index is 0.0798. The fourth-order valence-corrected chi connectivity index (χ4v) is 3.06. The molecule has 0 saturated carbocycles. The molecule has 1 fully saturated rings. The number of hydrogen-bond donors (Lipinski definition) is 1. The maximum Gasteiger partial charge on any atom is 0.253 e. The van der Waals surface area contributed by atoms with Gasteiger partial charge in [0.1, 0.15) is 0 Å². The lowest BCUT2D eigenvalue weighted by Gasteiger charge is -2.32. The van der Waals surface area contributed by atoms with Crippen LogP contribution >= 0.6 is 0 Å². The molecule has 25 heavy (non-hydrogen) atoms. The van der Waals surface area contributed by atoms with Crippen molar-refractivity contribution in [1.82, 2.24) is 14.7 Å². The number of carbonyl (C=O) groups excluding carboxylic acids is 1. The molecule has 0 bridgehead atoms. The maximum absolute atomic E-state index is 12.7. The average molecular weight is 347 g/mol. The van der Waals surface area contributed by atoms with E-state index < -0.39 is 0 Å². The van der Waals surface area contributed by atoms with Crippen LogP contribution in [0.5, 0.6) is 0 Å². The summed E-state index contributed by atoms with van der Waals surface area (Å²) in [5.74, 6) is 0.520. The number of piperazine rings is 1. The Morgan fingerprint density at radius 1 is 1.24 bits per heavy atom. The molecule has 1 aromatic carbocycles. The van der Waals surface area contributed by atoms with E-state index in [1.54, 1.807) is 4.90 Å². The van der Waals surface area contributed by atoms with Gasteiger partial charge >= 0.3 is 0 Å². The SMILES string of the molecule is CC(C)C(N)CCN(C)C(=O)c1cccc(CN2CCN(C)CC2)c1. The Bertz CT molecular complexity index is 552. The maximum atomic E-state index is 12.7. The Kier molecular flexibility index (Phi) is 7.41. The molecule has 1 aliphatic rings. The fourth-order valence-electron chi connectivity index (χ4n) is 3.06. The smallest absolute Gasteiger partial charge is 0.253 e. The van der Waals surface area contributed by atoms with Gasteiger partial charge in [-0.25, -0.2) is 0 Å². The highest BCUT2D eigenvalue weighted by atomic mass is 16.2. The van der Waals surface area contributed by atoms with Gasteiger partial charge < -0.3 is 15.5 Å². The number of benzene rings is 1. The molecule has 1 amide bonds. The molecule has 1 aromatic rings. The summed E-state index contributed by atoms with van der Waals surface area (Å²) in [6.07, 6.45) is 0.834. The zero-order valence-corrected chi connectivity index (χ0v) is 16.2. The Morgan fingerprint density at radius 3 is 2.56 bits per heavy atom. The first-order chi connectivity index (χ1) is 11.9. The Hall–Kier alpha value is -1.43. The molecule has 1 aliphatic heterocycles. The van der Waals surface area contributed by atoms with Gasteiger partial charge in [-0.2, -0.15) is 0 Å². The quantitative estimate of drug-likeness (QED) is 0.819. The van der Waals surface area contributed by atoms with Crippen LogP contribution in [-0.2, 0) is 6.54 Å². The minimum absolute atomic E-state index is 0.0798. The molecule has 5 nitrogen and oxygen atoms in total. The fraction of sp³-hybridized carbons (Fsp3) is 0.650. The van der Waals surface area contributed by atoms with Gasteiger partial charge in [-0.05, 0) is 37.1 Å². The van der Waals surface area contributed by atoms with Crippen molar-refractivity contribution in [1.29, 1.82) is 0 Å². The van der Waals surface area contributed by atoms with E-state index in [0.29, 0.717) is 12.5 Å². The highest BCUT2D eigenvalue weighted by molar-refractivity contribution is 5.94. The van der Waals surface area contributed by atoms with E-state index in [4.69, 9.17) is 5.73 Å². The van der Waals surface area contributed by atoms with Crippen LogP contribution in [0.2, 0.25) is 0 Å². The predicted octanol–water partition coefficient (Wildman–Crippen LogP) is 1.88. The van der Waals surface area contributed by atoms with Crippen molar-refractivity contribution in [3.05, 3.63) is 35.4 Å². The van der Waals surface area contributed by atoms with E-state index >= 15 is 0 Å². The third-order valence-corrected chi connectivity index (χ3v) is 5.18. The van der Waals surface area contributed by atoms with Crippen LogP contribution in [0.25, 0.3) is 0 Å². The summed E-state index contributed by atoms with van der Waals surface area (Å²) in [5.41, 5.74) is 8.08. The number of carbonyl (C=O) groups is 1. The van der Waals surface area contributed by atoms with Gasteiger partial charge in [0.25, 0.3) is 5.91 Å². The number of amides is 1. The zero-order valence-electron chi connectivity index (χ0n) is 16.2. The van der Waals surface area contributed by atoms with E-state index in [1.807, 2.05) is 25.2 Å². The molecule has 1 unspecified atom stereocenters. The molecule has 2 N–H and O–H groups in total. The second kappa shape index (κ2) is 9.32. The summed E-state index contributed by atoms with van der Waals surface area (Å²) < 4.78 is 0. The van der Waals surface area contributed by atoms with Crippen LogP contribution in [0.4, 0.5) is 0 Å². The van der Waals surface area contributed by atoms with Gasteiger partial charge in [0.05, 0.1) is 0 Å². The van der Waals surface area contributed by atoms with E-state index in [9.17, 15) is 4.79 Å². The van der Waals surface area contributed by atoms with Gasteiger partial charge in [0.2, 0.25) is 0 Å².